The van der Waals surface area contributed by atoms with E-state index in [1.807, 2.05) is 16.7 Å². The van der Waals surface area contributed by atoms with Crippen molar-refractivity contribution in [2.45, 2.75) is 25.3 Å². The van der Waals surface area contributed by atoms with Crippen LogP contribution in [0.5, 0.6) is 0 Å². The first-order valence-electron chi connectivity index (χ1n) is 6.54. The Labute approximate surface area is 117 Å². The largest absolute Gasteiger partial charge is 0.383 e. The molecule has 4 nitrogen and oxygen atoms in total. The van der Waals surface area contributed by atoms with Gasteiger partial charge < -0.3 is 10.3 Å². The van der Waals surface area contributed by atoms with Crippen molar-refractivity contribution in [1.29, 1.82) is 5.26 Å². The summed E-state index contributed by atoms with van der Waals surface area (Å²) in [4.78, 5) is 4.67. The SMILES string of the molecule is C#CCn1c(C2CC2)nc(-c2cccc(C#N)c2)c1N. The highest BCUT2D eigenvalue weighted by Crippen LogP contribution is 2.42. The lowest BCUT2D eigenvalue weighted by Crippen LogP contribution is -2.05. The second kappa shape index (κ2) is 4.75. The van der Waals surface area contributed by atoms with Crippen LogP contribution in [-0.2, 0) is 6.54 Å². The van der Waals surface area contributed by atoms with Crippen LogP contribution in [0.15, 0.2) is 24.3 Å². The van der Waals surface area contributed by atoms with E-state index < -0.39 is 0 Å². The van der Waals surface area contributed by atoms with Gasteiger partial charge in [0.1, 0.15) is 17.3 Å². The third-order valence-electron chi connectivity index (χ3n) is 3.49. The van der Waals surface area contributed by atoms with Crippen molar-refractivity contribution in [2.75, 3.05) is 5.73 Å². The summed E-state index contributed by atoms with van der Waals surface area (Å²) in [6, 6.07) is 9.45. The molecule has 0 aliphatic heterocycles. The number of benzene rings is 1. The average Bonchev–Trinajstić information content (AvgIpc) is 3.26. The van der Waals surface area contributed by atoms with Gasteiger partial charge in [0.05, 0.1) is 18.2 Å². The van der Waals surface area contributed by atoms with Crippen molar-refractivity contribution in [3.05, 3.63) is 35.7 Å². The molecule has 3 rings (SSSR count). The fraction of sp³-hybridized carbons (Fsp3) is 0.250. The fourth-order valence-electron chi connectivity index (χ4n) is 2.34. The molecule has 1 saturated carbocycles. The molecule has 0 spiro atoms. The number of nitriles is 1. The van der Waals surface area contributed by atoms with Crippen LogP contribution in [0.25, 0.3) is 11.3 Å². The predicted octanol–water partition coefficient (Wildman–Crippen LogP) is 2.51. The maximum atomic E-state index is 8.99. The number of nitrogen functional groups attached to an aromatic ring is 1. The standard InChI is InChI=1S/C16H14N4/c1-2-8-20-15(18)14(19-16(20)12-6-7-12)13-5-3-4-11(9-13)10-17/h1,3-5,9,12H,6-8,18H2. The maximum Gasteiger partial charge on any atom is 0.132 e. The number of hydrogen-bond donors (Lipinski definition) is 1. The summed E-state index contributed by atoms with van der Waals surface area (Å²) in [7, 11) is 0. The van der Waals surface area contributed by atoms with E-state index in [9.17, 15) is 0 Å². The van der Waals surface area contributed by atoms with Crippen LogP contribution < -0.4 is 5.73 Å². The van der Waals surface area contributed by atoms with Gasteiger partial charge in [-0.3, -0.25) is 0 Å². The molecule has 0 bridgehead atoms. The fourth-order valence-corrected chi connectivity index (χ4v) is 2.34. The van der Waals surface area contributed by atoms with Gasteiger partial charge in [0.15, 0.2) is 0 Å². The molecule has 1 aromatic heterocycles. The molecular weight excluding hydrogens is 248 g/mol. The Morgan fingerprint density at radius 2 is 2.25 bits per heavy atom. The van der Waals surface area contributed by atoms with Crippen LogP contribution in [0.2, 0.25) is 0 Å². The molecule has 0 amide bonds. The summed E-state index contributed by atoms with van der Waals surface area (Å²) in [5.74, 6) is 4.65. The van der Waals surface area contributed by atoms with Gasteiger partial charge in [0.2, 0.25) is 0 Å². The number of imidazole rings is 1. The summed E-state index contributed by atoms with van der Waals surface area (Å²) in [5.41, 5.74) is 8.38. The molecular formula is C16H14N4. The molecule has 0 radical (unpaired) electrons. The summed E-state index contributed by atoms with van der Waals surface area (Å²) >= 11 is 0. The van der Waals surface area contributed by atoms with Gasteiger partial charge in [0.25, 0.3) is 0 Å². The lowest BCUT2D eigenvalue weighted by molar-refractivity contribution is 0.762. The van der Waals surface area contributed by atoms with Crippen molar-refractivity contribution >= 4 is 5.82 Å². The molecule has 1 aliphatic rings. The first kappa shape index (κ1) is 12.3. The van der Waals surface area contributed by atoms with E-state index in [0.717, 1.165) is 29.9 Å². The van der Waals surface area contributed by atoms with Gasteiger partial charge >= 0.3 is 0 Å². The van der Waals surface area contributed by atoms with Gasteiger partial charge in [0, 0.05) is 11.5 Å². The molecule has 98 valence electrons. The van der Waals surface area contributed by atoms with Gasteiger partial charge in [-0.15, -0.1) is 6.42 Å². The topological polar surface area (TPSA) is 67.6 Å². The zero-order valence-corrected chi connectivity index (χ0v) is 11.0. The van der Waals surface area contributed by atoms with E-state index in [2.05, 4.69) is 17.0 Å². The Morgan fingerprint density at radius 3 is 2.90 bits per heavy atom. The van der Waals surface area contributed by atoms with Crippen LogP contribution in [0.1, 0.15) is 30.1 Å². The number of anilines is 1. The lowest BCUT2D eigenvalue weighted by Gasteiger charge is -2.04. The highest BCUT2D eigenvalue weighted by Gasteiger charge is 2.30. The van der Waals surface area contributed by atoms with E-state index in [1.165, 1.54) is 0 Å². The van der Waals surface area contributed by atoms with Gasteiger partial charge in [-0.2, -0.15) is 5.26 Å². The van der Waals surface area contributed by atoms with Gasteiger partial charge in [-0.25, -0.2) is 4.98 Å². The van der Waals surface area contributed by atoms with E-state index >= 15 is 0 Å². The number of aromatic nitrogens is 2. The Kier molecular flexibility index (Phi) is 2.93. The van der Waals surface area contributed by atoms with Crippen molar-refractivity contribution in [3.63, 3.8) is 0 Å². The maximum absolute atomic E-state index is 8.99. The van der Waals surface area contributed by atoms with Crippen LogP contribution in [0.4, 0.5) is 5.82 Å². The Hall–Kier alpha value is -2.72. The van der Waals surface area contributed by atoms with Crippen molar-refractivity contribution in [3.8, 4) is 29.7 Å². The Morgan fingerprint density at radius 1 is 1.45 bits per heavy atom. The highest BCUT2D eigenvalue weighted by molar-refractivity contribution is 5.72. The molecule has 1 heterocycles. The average molecular weight is 262 g/mol. The number of terminal acetylenes is 1. The van der Waals surface area contributed by atoms with Crippen molar-refractivity contribution in [2.24, 2.45) is 0 Å². The third-order valence-corrected chi connectivity index (χ3v) is 3.49. The lowest BCUT2D eigenvalue weighted by atomic mass is 10.1. The van der Waals surface area contributed by atoms with E-state index in [0.29, 0.717) is 23.8 Å². The summed E-state index contributed by atoms with van der Waals surface area (Å²) in [6.07, 6.45) is 7.69. The normalized spacial score (nSPS) is 13.7. The second-order valence-electron chi connectivity index (χ2n) is 4.96. The third kappa shape index (κ3) is 2.02. The molecule has 1 fully saturated rings. The van der Waals surface area contributed by atoms with E-state index in [4.69, 9.17) is 17.4 Å². The molecule has 0 unspecified atom stereocenters. The number of nitrogens with two attached hydrogens (primary N) is 1. The monoisotopic (exact) mass is 262 g/mol. The van der Waals surface area contributed by atoms with E-state index in [-0.39, 0.29) is 0 Å². The number of hydrogen-bond acceptors (Lipinski definition) is 3. The molecule has 0 atom stereocenters. The zero-order chi connectivity index (χ0) is 14.1. The molecule has 4 heteroatoms. The van der Waals surface area contributed by atoms with Crippen molar-refractivity contribution < 1.29 is 0 Å². The first-order valence-corrected chi connectivity index (χ1v) is 6.54. The van der Waals surface area contributed by atoms with Crippen LogP contribution in [0, 0.1) is 23.7 Å². The van der Waals surface area contributed by atoms with Crippen molar-refractivity contribution in [1.82, 2.24) is 9.55 Å². The Balaban J connectivity index is 2.12. The van der Waals surface area contributed by atoms with Crippen LogP contribution >= 0.6 is 0 Å². The molecule has 20 heavy (non-hydrogen) atoms. The predicted molar refractivity (Wildman–Crippen MR) is 77.6 cm³/mol. The smallest absolute Gasteiger partial charge is 0.132 e. The summed E-state index contributed by atoms with van der Waals surface area (Å²) < 4.78 is 1.91. The van der Waals surface area contributed by atoms with Gasteiger partial charge in [-0.05, 0) is 25.0 Å². The zero-order valence-electron chi connectivity index (χ0n) is 11.0. The van der Waals surface area contributed by atoms with Crippen LogP contribution in [0.3, 0.4) is 0 Å². The molecule has 2 aromatic rings. The quantitative estimate of drug-likeness (QED) is 0.864. The first-order chi connectivity index (χ1) is 9.74. The molecule has 1 aromatic carbocycles. The minimum Gasteiger partial charge on any atom is -0.383 e. The Bertz CT molecular complexity index is 739. The summed E-state index contributed by atoms with van der Waals surface area (Å²) in [5, 5.41) is 8.99. The minimum atomic E-state index is 0.433. The number of rotatable bonds is 3. The number of nitrogens with zero attached hydrogens (tertiary/aromatic N) is 3. The second-order valence-corrected chi connectivity index (χ2v) is 4.96. The van der Waals surface area contributed by atoms with E-state index in [1.54, 1.807) is 12.1 Å². The van der Waals surface area contributed by atoms with Crippen LogP contribution in [-0.4, -0.2) is 9.55 Å². The summed E-state index contributed by atoms with van der Waals surface area (Å²) in [6.45, 7) is 0.433. The molecule has 1 aliphatic carbocycles. The minimum absolute atomic E-state index is 0.433. The van der Waals surface area contributed by atoms with Gasteiger partial charge in [-0.1, -0.05) is 18.1 Å². The highest BCUT2D eigenvalue weighted by atomic mass is 15.1. The molecule has 2 N–H and O–H groups in total. The molecule has 0 saturated heterocycles.